The van der Waals surface area contributed by atoms with Crippen LogP contribution in [0.5, 0.6) is 0 Å². The molecule has 17 heavy (non-hydrogen) atoms. The van der Waals surface area contributed by atoms with Gasteiger partial charge in [0.05, 0.1) is 11.9 Å². The summed E-state index contributed by atoms with van der Waals surface area (Å²) in [6.45, 7) is 4.61. The third kappa shape index (κ3) is 2.22. The van der Waals surface area contributed by atoms with Crippen LogP contribution >= 0.6 is 0 Å². The summed E-state index contributed by atoms with van der Waals surface area (Å²) in [5.41, 5.74) is 0.519. The average molecular weight is 231 g/mol. The molecule has 2 aromatic rings. The van der Waals surface area contributed by atoms with E-state index in [0.29, 0.717) is 0 Å². The minimum Gasteiger partial charge on any atom is -0.379 e. The van der Waals surface area contributed by atoms with E-state index < -0.39 is 5.60 Å². The van der Waals surface area contributed by atoms with Crippen LogP contribution in [0.25, 0.3) is 0 Å². The van der Waals surface area contributed by atoms with Crippen molar-refractivity contribution in [1.82, 2.24) is 15.0 Å². The lowest BCUT2D eigenvalue weighted by Gasteiger charge is -2.24. The number of hydrogen-bond donors (Lipinski definition) is 1. The van der Waals surface area contributed by atoms with Crippen LogP contribution in [0.15, 0.2) is 36.5 Å². The summed E-state index contributed by atoms with van der Waals surface area (Å²) < 4.78 is 1.76. The zero-order valence-electron chi connectivity index (χ0n) is 10.2. The van der Waals surface area contributed by atoms with Gasteiger partial charge in [-0.3, -0.25) is 0 Å². The zero-order valence-corrected chi connectivity index (χ0v) is 10.2. The molecule has 0 radical (unpaired) electrons. The van der Waals surface area contributed by atoms with Crippen molar-refractivity contribution in [2.75, 3.05) is 0 Å². The highest BCUT2D eigenvalue weighted by molar-refractivity contribution is 5.29. The maximum absolute atomic E-state index is 10.7. The minimum atomic E-state index is -1.06. The Morgan fingerprint density at radius 3 is 2.65 bits per heavy atom. The fraction of sp³-hybridized carbons (Fsp3) is 0.385. The standard InChI is InChI=1S/C13H17N3O/c1-3-9-16-12(10-14-15-16)13(2,17)11-7-5-4-6-8-11/h4-8,10,17H,3,9H2,1-2H3. The molecule has 1 heterocycles. The van der Waals surface area contributed by atoms with Gasteiger partial charge in [0.25, 0.3) is 0 Å². The Balaban J connectivity index is 2.41. The SMILES string of the molecule is CCCn1nncc1C(C)(O)c1ccccc1. The first-order chi connectivity index (χ1) is 8.16. The van der Waals surface area contributed by atoms with Crippen molar-refractivity contribution in [2.45, 2.75) is 32.4 Å². The topological polar surface area (TPSA) is 50.9 Å². The number of hydrogen-bond acceptors (Lipinski definition) is 3. The largest absolute Gasteiger partial charge is 0.379 e. The molecule has 0 bridgehead atoms. The highest BCUT2D eigenvalue weighted by atomic mass is 16.3. The minimum absolute atomic E-state index is 0.727. The van der Waals surface area contributed by atoms with Crippen molar-refractivity contribution >= 4 is 0 Å². The van der Waals surface area contributed by atoms with Crippen molar-refractivity contribution in [3.63, 3.8) is 0 Å². The summed E-state index contributed by atoms with van der Waals surface area (Å²) >= 11 is 0. The van der Waals surface area contributed by atoms with Crippen molar-refractivity contribution in [3.05, 3.63) is 47.8 Å². The summed E-state index contributed by atoms with van der Waals surface area (Å²) in [5.74, 6) is 0. The molecule has 1 atom stereocenters. The summed E-state index contributed by atoms with van der Waals surface area (Å²) in [6, 6.07) is 9.57. The second-order valence-electron chi connectivity index (χ2n) is 4.28. The van der Waals surface area contributed by atoms with Gasteiger partial charge in [-0.1, -0.05) is 42.5 Å². The van der Waals surface area contributed by atoms with Crippen LogP contribution in [-0.4, -0.2) is 20.1 Å². The van der Waals surface area contributed by atoms with E-state index in [1.54, 1.807) is 17.8 Å². The van der Waals surface area contributed by atoms with E-state index in [4.69, 9.17) is 0 Å². The molecule has 1 unspecified atom stereocenters. The van der Waals surface area contributed by atoms with Crippen molar-refractivity contribution < 1.29 is 5.11 Å². The van der Waals surface area contributed by atoms with Gasteiger partial charge < -0.3 is 5.11 Å². The lowest BCUT2D eigenvalue weighted by molar-refractivity contribution is 0.0914. The van der Waals surface area contributed by atoms with E-state index in [2.05, 4.69) is 17.2 Å². The lowest BCUT2D eigenvalue weighted by atomic mass is 9.93. The van der Waals surface area contributed by atoms with E-state index in [1.807, 2.05) is 30.3 Å². The number of aliphatic hydroxyl groups is 1. The van der Waals surface area contributed by atoms with Gasteiger partial charge in [-0.25, -0.2) is 4.68 Å². The fourth-order valence-corrected chi connectivity index (χ4v) is 1.92. The van der Waals surface area contributed by atoms with Gasteiger partial charge in [-0.05, 0) is 18.9 Å². The summed E-state index contributed by atoms with van der Waals surface area (Å²) in [4.78, 5) is 0. The monoisotopic (exact) mass is 231 g/mol. The smallest absolute Gasteiger partial charge is 0.130 e. The maximum atomic E-state index is 10.7. The molecule has 1 aromatic heterocycles. The Morgan fingerprint density at radius 1 is 1.29 bits per heavy atom. The molecular formula is C13H17N3O. The predicted octanol–water partition coefficient (Wildman–Crippen LogP) is 1.94. The first-order valence-electron chi connectivity index (χ1n) is 5.83. The van der Waals surface area contributed by atoms with Crippen LogP contribution in [0.3, 0.4) is 0 Å². The van der Waals surface area contributed by atoms with E-state index in [-0.39, 0.29) is 0 Å². The predicted molar refractivity (Wildman–Crippen MR) is 65.4 cm³/mol. The molecule has 1 aromatic carbocycles. The number of benzene rings is 1. The van der Waals surface area contributed by atoms with Crippen molar-refractivity contribution in [1.29, 1.82) is 0 Å². The van der Waals surface area contributed by atoms with Crippen LogP contribution in [0.2, 0.25) is 0 Å². The van der Waals surface area contributed by atoms with Gasteiger partial charge >= 0.3 is 0 Å². The van der Waals surface area contributed by atoms with Gasteiger partial charge in [0.1, 0.15) is 5.60 Å². The van der Waals surface area contributed by atoms with E-state index >= 15 is 0 Å². The van der Waals surface area contributed by atoms with E-state index in [0.717, 1.165) is 24.2 Å². The Labute approximate surface area is 101 Å². The van der Waals surface area contributed by atoms with Crippen LogP contribution in [0.4, 0.5) is 0 Å². The maximum Gasteiger partial charge on any atom is 0.130 e. The number of aromatic nitrogens is 3. The first kappa shape index (κ1) is 11.8. The molecule has 0 fully saturated rings. The van der Waals surface area contributed by atoms with Crippen molar-refractivity contribution in [2.24, 2.45) is 0 Å². The third-order valence-electron chi connectivity index (χ3n) is 2.89. The number of nitrogens with zero attached hydrogens (tertiary/aromatic N) is 3. The Hall–Kier alpha value is -1.68. The normalized spacial score (nSPS) is 14.5. The number of aryl methyl sites for hydroxylation is 1. The Bertz CT molecular complexity index is 476. The molecule has 0 saturated heterocycles. The summed E-state index contributed by atoms with van der Waals surface area (Å²) in [5, 5.41) is 18.5. The molecule has 4 nitrogen and oxygen atoms in total. The molecule has 2 rings (SSSR count). The molecule has 0 amide bonds. The quantitative estimate of drug-likeness (QED) is 0.875. The Kier molecular flexibility index (Phi) is 3.24. The van der Waals surface area contributed by atoms with Crippen LogP contribution < -0.4 is 0 Å². The van der Waals surface area contributed by atoms with Crippen LogP contribution in [-0.2, 0) is 12.1 Å². The summed E-state index contributed by atoms with van der Waals surface area (Å²) in [6.07, 6.45) is 2.59. The van der Waals surface area contributed by atoms with Crippen LogP contribution in [0, 0.1) is 0 Å². The van der Waals surface area contributed by atoms with Gasteiger partial charge in [0.15, 0.2) is 0 Å². The van der Waals surface area contributed by atoms with Crippen LogP contribution in [0.1, 0.15) is 31.5 Å². The van der Waals surface area contributed by atoms with Gasteiger partial charge in [0.2, 0.25) is 0 Å². The third-order valence-corrected chi connectivity index (χ3v) is 2.89. The molecule has 0 spiro atoms. The average Bonchev–Trinajstić information content (AvgIpc) is 2.80. The molecule has 0 aliphatic carbocycles. The number of rotatable bonds is 4. The van der Waals surface area contributed by atoms with Gasteiger partial charge in [0, 0.05) is 6.54 Å². The van der Waals surface area contributed by atoms with Gasteiger partial charge in [-0.15, -0.1) is 5.10 Å². The molecule has 0 aliphatic heterocycles. The zero-order chi connectivity index (χ0) is 12.3. The first-order valence-corrected chi connectivity index (χ1v) is 5.83. The summed E-state index contributed by atoms with van der Waals surface area (Å²) in [7, 11) is 0. The molecule has 0 aliphatic rings. The second kappa shape index (κ2) is 4.67. The molecule has 1 N–H and O–H groups in total. The molecule has 0 saturated carbocycles. The van der Waals surface area contributed by atoms with E-state index in [9.17, 15) is 5.11 Å². The highest BCUT2D eigenvalue weighted by Gasteiger charge is 2.29. The molecule has 90 valence electrons. The Morgan fingerprint density at radius 2 is 2.00 bits per heavy atom. The van der Waals surface area contributed by atoms with Crippen molar-refractivity contribution in [3.8, 4) is 0 Å². The van der Waals surface area contributed by atoms with Gasteiger partial charge in [-0.2, -0.15) is 0 Å². The van der Waals surface area contributed by atoms with E-state index in [1.165, 1.54) is 0 Å². The lowest BCUT2D eigenvalue weighted by Crippen LogP contribution is -2.26. The molecule has 4 heteroatoms. The molecular weight excluding hydrogens is 214 g/mol. The fourth-order valence-electron chi connectivity index (χ4n) is 1.92. The second-order valence-corrected chi connectivity index (χ2v) is 4.28. The highest BCUT2D eigenvalue weighted by Crippen LogP contribution is 2.28.